The standard InChI is InChI=1S/C14H22N4O4/c1-4-9(3)15-13-11(18(19)20)14(21-5-2)17-12(16-13)10-7-6-8-22-10/h9-10H,4-8H2,1-3H3,(H,15,16,17). The maximum atomic E-state index is 11.4. The molecule has 0 saturated carbocycles. The van der Waals surface area contributed by atoms with Crippen LogP contribution in [0.3, 0.4) is 0 Å². The van der Waals surface area contributed by atoms with Gasteiger partial charge in [0.15, 0.2) is 5.82 Å². The highest BCUT2D eigenvalue weighted by Gasteiger charge is 2.30. The zero-order valence-electron chi connectivity index (χ0n) is 13.2. The molecule has 1 aliphatic heterocycles. The first-order valence-electron chi connectivity index (χ1n) is 7.64. The Kier molecular flexibility index (Phi) is 5.48. The normalized spacial score (nSPS) is 19.0. The van der Waals surface area contributed by atoms with Gasteiger partial charge in [-0.15, -0.1) is 0 Å². The van der Waals surface area contributed by atoms with E-state index < -0.39 is 4.92 Å². The van der Waals surface area contributed by atoms with E-state index in [1.807, 2.05) is 13.8 Å². The predicted octanol–water partition coefficient (Wildman–Crippen LogP) is 2.85. The molecule has 1 aromatic rings. The van der Waals surface area contributed by atoms with Gasteiger partial charge in [-0.2, -0.15) is 4.98 Å². The maximum Gasteiger partial charge on any atom is 0.372 e. The van der Waals surface area contributed by atoms with Crippen LogP contribution in [0.1, 0.15) is 52.0 Å². The topological polar surface area (TPSA) is 99.4 Å². The van der Waals surface area contributed by atoms with Crippen molar-refractivity contribution in [1.82, 2.24) is 9.97 Å². The molecule has 1 N–H and O–H groups in total. The van der Waals surface area contributed by atoms with Crippen LogP contribution in [0.2, 0.25) is 0 Å². The highest BCUT2D eigenvalue weighted by Crippen LogP contribution is 2.36. The second-order valence-electron chi connectivity index (χ2n) is 5.23. The number of nitrogens with one attached hydrogen (secondary N) is 1. The lowest BCUT2D eigenvalue weighted by molar-refractivity contribution is -0.385. The third-order valence-corrected chi connectivity index (χ3v) is 3.55. The van der Waals surface area contributed by atoms with E-state index >= 15 is 0 Å². The minimum Gasteiger partial charge on any atom is -0.473 e. The fraction of sp³-hybridized carbons (Fsp3) is 0.714. The summed E-state index contributed by atoms with van der Waals surface area (Å²) in [6.07, 6.45) is 2.34. The van der Waals surface area contributed by atoms with Gasteiger partial charge in [0.05, 0.1) is 11.5 Å². The Balaban J connectivity index is 2.46. The Hall–Kier alpha value is -1.96. The van der Waals surface area contributed by atoms with Crippen LogP contribution in [0.4, 0.5) is 11.5 Å². The van der Waals surface area contributed by atoms with Crippen molar-refractivity contribution in [2.45, 2.75) is 52.2 Å². The number of rotatable bonds is 7. The smallest absolute Gasteiger partial charge is 0.372 e. The molecule has 0 aromatic carbocycles. The third kappa shape index (κ3) is 3.62. The van der Waals surface area contributed by atoms with Crippen LogP contribution in [0.25, 0.3) is 0 Å². The molecule has 8 nitrogen and oxygen atoms in total. The van der Waals surface area contributed by atoms with Crippen LogP contribution in [-0.4, -0.2) is 34.1 Å². The number of aromatic nitrogens is 2. The SMILES string of the molecule is CCOc1nc(C2CCCO2)nc(NC(C)CC)c1[N+](=O)[O-]. The van der Waals surface area contributed by atoms with Gasteiger partial charge in [0.1, 0.15) is 6.10 Å². The Morgan fingerprint density at radius 2 is 2.27 bits per heavy atom. The largest absolute Gasteiger partial charge is 0.473 e. The van der Waals surface area contributed by atoms with Crippen molar-refractivity contribution in [2.75, 3.05) is 18.5 Å². The second kappa shape index (κ2) is 7.35. The molecule has 1 fully saturated rings. The number of nitro groups is 1. The van der Waals surface area contributed by atoms with Crippen LogP contribution < -0.4 is 10.1 Å². The Morgan fingerprint density at radius 3 is 2.82 bits per heavy atom. The number of ether oxygens (including phenoxy) is 2. The van der Waals surface area contributed by atoms with Crippen molar-refractivity contribution in [1.29, 1.82) is 0 Å². The molecule has 1 aliphatic rings. The molecule has 0 spiro atoms. The fourth-order valence-electron chi connectivity index (χ4n) is 2.21. The summed E-state index contributed by atoms with van der Waals surface area (Å²) < 4.78 is 10.9. The van der Waals surface area contributed by atoms with E-state index in [-0.39, 0.29) is 29.5 Å². The monoisotopic (exact) mass is 310 g/mol. The molecule has 2 unspecified atom stereocenters. The lowest BCUT2D eigenvalue weighted by Crippen LogP contribution is -2.18. The molecule has 122 valence electrons. The summed E-state index contributed by atoms with van der Waals surface area (Å²) in [4.78, 5) is 19.4. The summed E-state index contributed by atoms with van der Waals surface area (Å²) in [6.45, 7) is 6.65. The lowest BCUT2D eigenvalue weighted by Gasteiger charge is -2.16. The van der Waals surface area contributed by atoms with Crippen LogP contribution in [0.15, 0.2) is 0 Å². The molecule has 1 saturated heterocycles. The molecule has 8 heteroatoms. The highest BCUT2D eigenvalue weighted by molar-refractivity contribution is 5.62. The zero-order valence-corrected chi connectivity index (χ0v) is 13.2. The van der Waals surface area contributed by atoms with Crippen LogP contribution in [0, 0.1) is 10.1 Å². The first-order chi connectivity index (χ1) is 10.6. The predicted molar refractivity (Wildman–Crippen MR) is 81.2 cm³/mol. The van der Waals surface area contributed by atoms with Gasteiger partial charge in [0.2, 0.25) is 5.82 Å². The summed E-state index contributed by atoms with van der Waals surface area (Å²) in [7, 11) is 0. The molecule has 2 atom stereocenters. The first-order valence-corrected chi connectivity index (χ1v) is 7.64. The zero-order chi connectivity index (χ0) is 16.1. The van der Waals surface area contributed by atoms with Gasteiger partial charge in [-0.25, -0.2) is 4.98 Å². The molecule has 22 heavy (non-hydrogen) atoms. The van der Waals surface area contributed by atoms with Crippen molar-refractivity contribution in [3.05, 3.63) is 15.9 Å². The Bertz CT molecular complexity index is 532. The van der Waals surface area contributed by atoms with Crippen LogP contribution in [-0.2, 0) is 4.74 Å². The van der Waals surface area contributed by atoms with Gasteiger partial charge >= 0.3 is 5.69 Å². The number of anilines is 1. The Labute approximate surface area is 129 Å². The van der Waals surface area contributed by atoms with E-state index in [2.05, 4.69) is 15.3 Å². The molecular weight excluding hydrogens is 288 g/mol. The number of hydrogen-bond donors (Lipinski definition) is 1. The van der Waals surface area contributed by atoms with Crippen molar-refractivity contribution in [3.63, 3.8) is 0 Å². The average Bonchev–Trinajstić information content (AvgIpc) is 3.00. The van der Waals surface area contributed by atoms with E-state index in [1.54, 1.807) is 6.92 Å². The van der Waals surface area contributed by atoms with E-state index in [0.717, 1.165) is 19.3 Å². The van der Waals surface area contributed by atoms with Crippen molar-refractivity contribution >= 4 is 11.5 Å². The molecule has 2 heterocycles. The van der Waals surface area contributed by atoms with Gasteiger partial charge < -0.3 is 14.8 Å². The molecule has 2 rings (SSSR count). The maximum absolute atomic E-state index is 11.4. The lowest BCUT2D eigenvalue weighted by atomic mass is 10.2. The second-order valence-corrected chi connectivity index (χ2v) is 5.23. The number of nitrogens with zero attached hydrogens (tertiary/aromatic N) is 3. The fourth-order valence-corrected chi connectivity index (χ4v) is 2.21. The van der Waals surface area contributed by atoms with Gasteiger partial charge in [-0.1, -0.05) is 6.92 Å². The molecule has 0 bridgehead atoms. The summed E-state index contributed by atoms with van der Waals surface area (Å²) in [5.74, 6) is 0.638. The molecule has 0 amide bonds. The van der Waals surface area contributed by atoms with E-state index in [1.165, 1.54) is 0 Å². The average molecular weight is 310 g/mol. The van der Waals surface area contributed by atoms with Crippen LogP contribution >= 0.6 is 0 Å². The minimum atomic E-state index is -0.505. The van der Waals surface area contributed by atoms with E-state index in [9.17, 15) is 10.1 Å². The summed E-state index contributed by atoms with van der Waals surface area (Å²) >= 11 is 0. The molecule has 0 aliphatic carbocycles. The quantitative estimate of drug-likeness (QED) is 0.610. The number of hydrogen-bond acceptors (Lipinski definition) is 7. The van der Waals surface area contributed by atoms with Crippen molar-refractivity contribution in [2.24, 2.45) is 0 Å². The summed E-state index contributed by atoms with van der Waals surface area (Å²) in [6, 6.07) is 0.0559. The third-order valence-electron chi connectivity index (χ3n) is 3.55. The molecule has 1 aromatic heterocycles. The first kappa shape index (κ1) is 16.4. The van der Waals surface area contributed by atoms with Gasteiger partial charge in [0, 0.05) is 12.6 Å². The van der Waals surface area contributed by atoms with Gasteiger partial charge in [-0.05, 0) is 33.1 Å². The van der Waals surface area contributed by atoms with Crippen LogP contribution in [0.5, 0.6) is 5.88 Å². The van der Waals surface area contributed by atoms with Crippen molar-refractivity contribution < 1.29 is 14.4 Å². The van der Waals surface area contributed by atoms with Gasteiger partial charge in [0.25, 0.3) is 5.88 Å². The summed E-state index contributed by atoms with van der Waals surface area (Å²) in [5, 5.41) is 14.5. The Morgan fingerprint density at radius 1 is 1.50 bits per heavy atom. The molecule has 0 radical (unpaired) electrons. The van der Waals surface area contributed by atoms with E-state index in [4.69, 9.17) is 9.47 Å². The molecular formula is C14H22N4O4. The van der Waals surface area contributed by atoms with E-state index in [0.29, 0.717) is 19.0 Å². The highest BCUT2D eigenvalue weighted by atomic mass is 16.6. The van der Waals surface area contributed by atoms with Gasteiger partial charge in [-0.3, -0.25) is 10.1 Å². The summed E-state index contributed by atoms with van der Waals surface area (Å²) in [5.41, 5.74) is -0.219. The van der Waals surface area contributed by atoms with Crippen molar-refractivity contribution in [3.8, 4) is 5.88 Å². The minimum absolute atomic E-state index is 0.00111.